The highest BCUT2D eigenvalue weighted by Gasteiger charge is 2.30. The molecule has 0 radical (unpaired) electrons. The number of hydrogen-bond acceptors (Lipinski definition) is 3. The first-order chi connectivity index (χ1) is 12.2. The number of nitrogens with zero attached hydrogens (tertiary/aromatic N) is 1. The zero-order chi connectivity index (χ0) is 17.2. The van der Waals surface area contributed by atoms with Gasteiger partial charge in [-0.1, -0.05) is 12.5 Å². The summed E-state index contributed by atoms with van der Waals surface area (Å²) >= 11 is 0. The smallest absolute Gasteiger partial charge is 0.252 e. The fourth-order valence-electron chi connectivity index (χ4n) is 3.71. The molecule has 0 spiro atoms. The van der Waals surface area contributed by atoms with Crippen LogP contribution in [0.2, 0.25) is 0 Å². The lowest BCUT2D eigenvalue weighted by Crippen LogP contribution is -2.50. The van der Waals surface area contributed by atoms with Crippen molar-refractivity contribution in [3.8, 4) is 0 Å². The first-order valence-corrected chi connectivity index (χ1v) is 9.26. The Balaban J connectivity index is 1.45. The summed E-state index contributed by atoms with van der Waals surface area (Å²) in [5.41, 5.74) is 1.79. The summed E-state index contributed by atoms with van der Waals surface area (Å²) in [7, 11) is 1.99. The molecule has 1 aromatic heterocycles. The molecule has 1 N–H and O–H groups in total. The Bertz CT molecular complexity index is 750. The second kappa shape index (κ2) is 7.18. The van der Waals surface area contributed by atoms with E-state index in [4.69, 9.17) is 9.47 Å². The van der Waals surface area contributed by atoms with Gasteiger partial charge in [-0.25, -0.2) is 0 Å². The van der Waals surface area contributed by atoms with E-state index in [1.165, 1.54) is 19.3 Å². The van der Waals surface area contributed by atoms with Gasteiger partial charge in [-0.2, -0.15) is 0 Å². The molecule has 4 rings (SSSR count). The quantitative estimate of drug-likeness (QED) is 0.909. The van der Waals surface area contributed by atoms with E-state index in [1.54, 1.807) is 0 Å². The van der Waals surface area contributed by atoms with Crippen molar-refractivity contribution in [1.82, 2.24) is 9.88 Å². The zero-order valence-electron chi connectivity index (χ0n) is 14.7. The van der Waals surface area contributed by atoms with Crippen molar-refractivity contribution in [3.63, 3.8) is 0 Å². The number of benzene rings is 1. The van der Waals surface area contributed by atoms with E-state index < -0.39 is 0 Å². The number of amides is 1. The maximum absolute atomic E-state index is 12.9. The normalized spacial score (nSPS) is 24.2. The number of aromatic nitrogens is 1. The minimum atomic E-state index is -0.0479. The molecule has 2 fully saturated rings. The summed E-state index contributed by atoms with van der Waals surface area (Å²) in [6.07, 6.45) is 6.58. The maximum Gasteiger partial charge on any atom is 0.252 e. The maximum atomic E-state index is 12.9. The van der Waals surface area contributed by atoms with Crippen LogP contribution in [0.15, 0.2) is 30.5 Å². The molecule has 1 amide bonds. The Kier molecular flexibility index (Phi) is 4.77. The van der Waals surface area contributed by atoms with Crippen molar-refractivity contribution in [1.29, 1.82) is 0 Å². The van der Waals surface area contributed by atoms with E-state index >= 15 is 0 Å². The Morgan fingerprint density at radius 2 is 2.20 bits per heavy atom. The van der Waals surface area contributed by atoms with Crippen molar-refractivity contribution < 1.29 is 14.3 Å². The molecule has 5 heteroatoms. The molecule has 0 bridgehead atoms. The fraction of sp³-hybridized carbons (Fsp3) is 0.550. The van der Waals surface area contributed by atoms with Crippen molar-refractivity contribution in [3.05, 3.63) is 36.0 Å². The molecule has 2 aliphatic rings. The lowest BCUT2D eigenvalue weighted by Gasteiger charge is -2.34. The number of rotatable bonds is 5. The molecule has 1 aliphatic heterocycles. The van der Waals surface area contributed by atoms with Crippen LogP contribution in [-0.4, -0.2) is 42.4 Å². The van der Waals surface area contributed by atoms with E-state index in [0.717, 1.165) is 29.5 Å². The van der Waals surface area contributed by atoms with E-state index in [2.05, 4.69) is 5.32 Å². The van der Waals surface area contributed by atoms with E-state index in [0.29, 0.717) is 19.1 Å². The number of nitrogens with one attached hydrogen (secondary N) is 1. The standard InChI is InChI=1S/C20H26N2O3/c1-22-10-8-15-16(6-3-7-18(15)22)20(23)21-17-9-11-24-13-19(17)25-12-14-4-2-5-14/h3,6-8,10,14,17,19H,2,4-5,9,11-13H2,1H3,(H,21,23)/t17-,19-/m1/s1. The molecule has 1 aromatic carbocycles. The second-order valence-electron chi connectivity index (χ2n) is 7.28. The summed E-state index contributed by atoms with van der Waals surface area (Å²) in [5, 5.41) is 4.18. The number of ether oxygens (including phenoxy) is 2. The largest absolute Gasteiger partial charge is 0.379 e. The number of carbonyl (C=O) groups is 1. The second-order valence-corrected chi connectivity index (χ2v) is 7.28. The van der Waals surface area contributed by atoms with E-state index in [1.807, 2.05) is 42.1 Å². The van der Waals surface area contributed by atoms with Gasteiger partial charge in [-0.05, 0) is 43.4 Å². The van der Waals surface area contributed by atoms with Crippen molar-refractivity contribution in [2.75, 3.05) is 19.8 Å². The first-order valence-electron chi connectivity index (χ1n) is 9.26. The molecular weight excluding hydrogens is 316 g/mol. The summed E-state index contributed by atoms with van der Waals surface area (Å²) in [6, 6.07) is 7.87. The van der Waals surface area contributed by atoms with Gasteiger partial charge >= 0.3 is 0 Å². The Hall–Kier alpha value is -1.85. The number of fused-ring (bicyclic) bond motifs is 1. The summed E-state index contributed by atoms with van der Waals surface area (Å²) in [4.78, 5) is 12.9. The molecule has 1 aliphatic carbocycles. The van der Waals surface area contributed by atoms with Crippen LogP contribution in [0.3, 0.4) is 0 Å². The van der Waals surface area contributed by atoms with Crippen LogP contribution < -0.4 is 5.32 Å². The highest BCUT2D eigenvalue weighted by atomic mass is 16.5. The van der Waals surface area contributed by atoms with Gasteiger partial charge < -0.3 is 19.4 Å². The van der Waals surface area contributed by atoms with Crippen molar-refractivity contribution in [2.24, 2.45) is 13.0 Å². The molecule has 2 atom stereocenters. The monoisotopic (exact) mass is 342 g/mol. The fourth-order valence-corrected chi connectivity index (χ4v) is 3.71. The highest BCUT2D eigenvalue weighted by molar-refractivity contribution is 6.06. The summed E-state index contributed by atoms with van der Waals surface area (Å²) in [6.45, 7) is 2.02. The van der Waals surface area contributed by atoms with E-state index in [9.17, 15) is 4.79 Å². The summed E-state index contributed by atoms with van der Waals surface area (Å²) in [5.74, 6) is 0.664. The van der Waals surface area contributed by atoms with Crippen LogP contribution in [0.1, 0.15) is 36.0 Å². The topological polar surface area (TPSA) is 52.5 Å². The van der Waals surface area contributed by atoms with Crippen molar-refractivity contribution in [2.45, 2.75) is 37.8 Å². The van der Waals surface area contributed by atoms with Crippen LogP contribution in [0, 0.1) is 5.92 Å². The highest BCUT2D eigenvalue weighted by Crippen LogP contribution is 2.27. The molecule has 5 nitrogen and oxygen atoms in total. The van der Waals surface area contributed by atoms with Crippen LogP contribution >= 0.6 is 0 Å². The van der Waals surface area contributed by atoms with E-state index in [-0.39, 0.29) is 18.1 Å². The predicted molar refractivity (Wildman–Crippen MR) is 96.7 cm³/mol. The van der Waals surface area contributed by atoms with Crippen LogP contribution in [-0.2, 0) is 16.5 Å². The number of aryl methyl sites for hydroxylation is 1. The lowest BCUT2D eigenvalue weighted by molar-refractivity contribution is -0.0818. The SMILES string of the molecule is Cn1ccc2c(C(=O)N[C@@H]3CCOC[C@H]3OCC3CCC3)cccc21. The summed E-state index contributed by atoms with van der Waals surface area (Å²) < 4.78 is 13.7. The van der Waals surface area contributed by atoms with Gasteiger partial charge in [0.15, 0.2) is 0 Å². The van der Waals surface area contributed by atoms with Crippen LogP contribution in [0.5, 0.6) is 0 Å². The number of hydrogen-bond donors (Lipinski definition) is 1. The molecule has 2 aromatic rings. The van der Waals surface area contributed by atoms with Crippen LogP contribution in [0.4, 0.5) is 0 Å². The average molecular weight is 342 g/mol. The van der Waals surface area contributed by atoms with Gasteiger partial charge in [0.1, 0.15) is 6.10 Å². The Labute approximate surface area is 148 Å². The zero-order valence-corrected chi connectivity index (χ0v) is 14.7. The molecular formula is C20H26N2O3. The third kappa shape index (κ3) is 3.44. The number of carbonyl (C=O) groups excluding carboxylic acids is 1. The molecule has 1 saturated heterocycles. The van der Waals surface area contributed by atoms with Gasteiger partial charge in [0.25, 0.3) is 5.91 Å². The molecule has 0 unspecified atom stereocenters. The third-order valence-electron chi connectivity index (χ3n) is 5.56. The minimum Gasteiger partial charge on any atom is -0.379 e. The predicted octanol–water partition coefficient (Wildman–Crippen LogP) is 2.88. The molecule has 1 saturated carbocycles. The minimum absolute atomic E-state index is 0.0142. The third-order valence-corrected chi connectivity index (χ3v) is 5.56. The van der Waals surface area contributed by atoms with Gasteiger partial charge in [-0.15, -0.1) is 0 Å². The van der Waals surface area contributed by atoms with Gasteiger partial charge in [0.05, 0.1) is 12.6 Å². The molecule has 2 heterocycles. The Morgan fingerprint density at radius 1 is 1.32 bits per heavy atom. The molecule has 134 valence electrons. The first kappa shape index (κ1) is 16.6. The Morgan fingerprint density at radius 3 is 3.00 bits per heavy atom. The average Bonchev–Trinajstić information content (AvgIpc) is 2.96. The van der Waals surface area contributed by atoms with Crippen molar-refractivity contribution >= 4 is 16.8 Å². The van der Waals surface area contributed by atoms with Gasteiger partial charge in [0, 0.05) is 42.9 Å². The van der Waals surface area contributed by atoms with Gasteiger partial charge in [-0.3, -0.25) is 4.79 Å². The van der Waals surface area contributed by atoms with Crippen LogP contribution in [0.25, 0.3) is 10.9 Å². The lowest BCUT2D eigenvalue weighted by atomic mass is 9.86. The van der Waals surface area contributed by atoms with Gasteiger partial charge in [0.2, 0.25) is 0 Å². The molecule has 25 heavy (non-hydrogen) atoms.